The first kappa shape index (κ1) is 55.4. The Kier molecular flexibility index (Phi) is 17.9. The van der Waals surface area contributed by atoms with E-state index in [1.54, 1.807) is 53.8 Å². The Morgan fingerprint density at radius 1 is 0.934 bits per heavy atom. The third kappa shape index (κ3) is 11.4. The highest BCUT2D eigenvalue weighted by atomic mass is 33.1. The number of ketones is 2. The van der Waals surface area contributed by atoms with Crippen LogP contribution in [0.2, 0.25) is 0 Å². The highest BCUT2D eigenvalue weighted by molar-refractivity contribution is 8.78. The second-order valence-corrected chi connectivity index (χ2v) is 27.0. The fourth-order valence-electron chi connectivity index (χ4n) is 13.2. The summed E-state index contributed by atoms with van der Waals surface area (Å²) >= 11 is 0. The van der Waals surface area contributed by atoms with E-state index in [1.165, 1.54) is 5.56 Å². The first-order valence-corrected chi connectivity index (χ1v) is 31.8. The number of rotatable bonds is 11. The van der Waals surface area contributed by atoms with Gasteiger partial charge in [0.05, 0.1) is 37.2 Å². The predicted molar refractivity (Wildman–Crippen MR) is 308 cm³/mol. The summed E-state index contributed by atoms with van der Waals surface area (Å²) < 4.78 is 13.0. The molecule has 12 nitrogen and oxygen atoms in total. The van der Waals surface area contributed by atoms with Gasteiger partial charge in [0.15, 0.2) is 11.5 Å². The SMILES string of the molecule is COc1c(O)ccc2c1-c1ccc3ccc(O)cc3c1CSS[C@@]13CC[C@H](C[C@@H]1O)[C@H](CC(=O)CC2)O[C@H]1N[C@@H](CCCO)[C@H](CSS[C@@H]3Cc2ccccc2)C[C@H]2c3c1cc(CO)c(NCC(C)=O)c3CC[C@@H]2CO. The average Bonchev–Trinajstić information content (AvgIpc) is 3.41. The minimum Gasteiger partial charge on any atom is -0.508 e. The highest BCUT2D eigenvalue weighted by Gasteiger charge is 2.52. The maximum atomic E-state index is 15.0. The van der Waals surface area contributed by atoms with Crippen LogP contribution in [-0.2, 0) is 45.9 Å². The van der Waals surface area contributed by atoms with Crippen LogP contribution in [-0.4, -0.2) is 103 Å². The van der Waals surface area contributed by atoms with Crippen LogP contribution in [0.5, 0.6) is 17.2 Å². The third-order valence-electron chi connectivity index (χ3n) is 17.1. The molecule has 0 amide bonds. The number of hydrogen-bond acceptors (Lipinski definition) is 16. The van der Waals surface area contributed by atoms with Gasteiger partial charge >= 0.3 is 0 Å². The molecule has 4 heterocycles. The molecule has 0 aromatic heterocycles. The van der Waals surface area contributed by atoms with E-state index >= 15 is 4.79 Å². The summed E-state index contributed by atoms with van der Waals surface area (Å²) in [7, 11) is 8.70. The number of ether oxygens (including phenoxy) is 2. The second-order valence-electron chi connectivity index (χ2n) is 21.7. The first-order chi connectivity index (χ1) is 36.9. The largest absolute Gasteiger partial charge is 0.508 e. The molecule has 0 unspecified atom stereocenters. The Hall–Kier alpha value is -3.94. The zero-order valence-corrected chi connectivity index (χ0v) is 46.6. The van der Waals surface area contributed by atoms with Gasteiger partial charge in [0.1, 0.15) is 23.5 Å². The molecule has 16 heteroatoms. The van der Waals surface area contributed by atoms with E-state index < -0.39 is 23.2 Å². The van der Waals surface area contributed by atoms with Crippen LogP contribution < -0.4 is 15.4 Å². The van der Waals surface area contributed by atoms with Gasteiger partial charge in [-0.3, -0.25) is 14.9 Å². The number of nitrogens with one attached hydrogen (secondary N) is 2. The Bertz CT molecular complexity index is 2890. The van der Waals surface area contributed by atoms with Gasteiger partial charge in [-0.05, 0) is 169 Å². The molecule has 76 heavy (non-hydrogen) atoms. The molecule has 4 aliphatic heterocycles. The molecule has 2 saturated heterocycles. The van der Waals surface area contributed by atoms with Gasteiger partial charge < -0.3 is 45.4 Å². The van der Waals surface area contributed by atoms with Crippen molar-refractivity contribution in [2.45, 2.75) is 137 Å². The molecule has 1 saturated carbocycles. The third-order valence-corrected chi connectivity index (χ3v) is 23.5. The van der Waals surface area contributed by atoms with Gasteiger partial charge in [0.25, 0.3) is 0 Å². The minimum absolute atomic E-state index is 0.0000771. The summed E-state index contributed by atoms with van der Waals surface area (Å²) in [4.78, 5) is 27.5. The van der Waals surface area contributed by atoms with Crippen LogP contribution in [0.15, 0.2) is 78.9 Å². The molecule has 5 bridgehead atoms. The van der Waals surface area contributed by atoms with Crippen LogP contribution in [0.3, 0.4) is 0 Å². The summed E-state index contributed by atoms with van der Waals surface area (Å²) in [6, 6.07) is 25.4. The van der Waals surface area contributed by atoms with Gasteiger partial charge in [-0.1, -0.05) is 97.8 Å². The van der Waals surface area contributed by atoms with Crippen molar-refractivity contribution in [2.75, 3.05) is 37.9 Å². The summed E-state index contributed by atoms with van der Waals surface area (Å²) in [5.41, 5.74) is 8.85. The average molecular weight is 1110 g/mol. The number of Topliss-reactive ketones (excluding diaryl/α,β-unsaturated/α-hetero) is 2. The number of aromatic hydroxyl groups is 2. The number of hydrogen-bond donors (Lipinski definition) is 8. The molecule has 6 aliphatic rings. The van der Waals surface area contributed by atoms with Crippen LogP contribution in [0, 0.1) is 17.8 Å². The number of benzene rings is 5. The number of anilines is 1. The van der Waals surface area contributed by atoms with E-state index in [0.717, 1.165) is 68.4 Å². The van der Waals surface area contributed by atoms with Crippen molar-refractivity contribution in [3.63, 3.8) is 0 Å². The number of aliphatic hydroxyl groups excluding tert-OH is 4. The quantitative estimate of drug-likeness (QED) is 0.0581. The first-order valence-electron chi connectivity index (χ1n) is 27.1. The molecule has 406 valence electrons. The number of aryl methyl sites for hydroxylation is 1. The number of carbonyl (C=O) groups is 2. The fraction of sp³-hybridized carbons (Fsp3) is 0.500. The van der Waals surface area contributed by atoms with Crippen LogP contribution in [0.1, 0.15) is 116 Å². The summed E-state index contributed by atoms with van der Waals surface area (Å²) in [6.07, 6.45) is 4.22. The molecule has 0 spiro atoms. The predicted octanol–water partition coefficient (Wildman–Crippen LogP) is 10.6. The zero-order valence-electron chi connectivity index (χ0n) is 43.4. The molecule has 3 fully saturated rings. The van der Waals surface area contributed by atoms with Gasteiger partial charge in [0.2, 0.25) is 0 Å². The monoisotopic (exact) mass is 1110 g/mol. The lowest BCUT2D eigenvalue weighted by atomic mass is 9.67. The van der Waals surface area contributed by atoms with E-state index in [0.29, 0.717) is 74.0 Å². The Labute approximate surface area is 462 Å². The van der Waals surface area contributed by atoms with Crippen LogP contribution in [0.4, 0.5) is 5.69 Å². The maximum absolute atomic E-state index is 15.0. The molecule has 5 aromatic carbocycles. The molecular formula is C60H72N2O10S4. The van der Waals surface area contributed by atoms with Crippen LogP contribution >= 0.6 is 43.2 Å². The maximum Gasteiger partial charge on any atom is 0.168 e. The molecule has 5 aromatic rings. The van der Waals surface area contributed by atoms with Crippen molar-refractivity contribution in [2.24, 2.45) is 17.8 Å². The molecule has 0 radical (unpaired) electrons. The standard InChI is InChI=1S/C60H72N2O10S4/c1-34(66)29-61-57-40(31-65)24-48-56-45(57)18-13-39(30-64)47(56)25-41-32-73-75-54(23-35-7-4-3-5-8-35)60-21-20-38(26-53(60)70)52(72-59(48)62-50(41)9-6-22-63)28-43(68)16-11-37-14-19-51(69)58(71-2)55(37)44-17-12-36-10-15-42(67)27-46(36)49(44)33-74-76-60/h3-5,7-8,10,12,14-15,17,19,24,27,38-39,41,47,50,52-54,59,61-65,67,69-70H,6,9,11,13,16,18,20-23,25-26,28-33H2,1-2H3/t38-,39-,41+,47-,50+,52+,53+,54-,59-,60+/m1/s1. The molecule has 2 aliphatic carbocycles. The molecule has 10 atom stereocenters. The van der Waals surface area contributed by atoms with Gasteiger partial charge in [0, 0.05) is 65.7 Å². The van der Waals surface area contributed by atoms with Crippen molar-refractivity contribution in [3.05, 3.63) is 118 Å². The lowest BCUT2D eigenvalue weighted by Crippen LogP contribution is -2.54. The van der Waals surface area contributed by atoms with Crippen molar-refractivity contribution in [3.8, 4) is 28.4 Å². The number of aliphatic hydroxyl groups is 4. The lowest BCUT2D eigenvalue weighted by Gasteiger charge is -2.50. The normalized spacial score (nSPS) is 28.0. The minimum atomic E-state index is -0.793. The van der Waals surface area contributed by atoms with E-state index in [-0.39, 0.29) is 97.2 Å². The number of phenols is 2. The summed E-state index contributed by atoms with van der Waals surface area (Å²) in [5, 5.41) is 77.6. The Morgan fingerprint density at radius 3 is 2.53 bits per heavy atom. The van der Waals surface area contributed by atoms with Crippen LogP contribution in [0.25, 0.3) is 21.9 Å². The Balaban J connectivity index is 1.16. The number of methoxy groups -OCH3 is 1. The zero-order chi connectivity index (χ0) is 53.1. The van der Waals surface area contributed by atoms with E-state index in [4.69, 9.17) is 9.47 Å². The van der Waals surface area contributed by atoms with Crippen molar-refractivity contribution < 1.29 is 49.7 Å². The second kappa shape index (κ2) is 24.6. The van der Waals surface area contributed by atoms with Gasteiger partial charge in [-0.2, -0.15) is 0 Å². The summed E-state index contributed by atoms with van der Waals surface area (Å²) in [5.74, 6) is 1.32. The number of fused-ring (bicyclic) bond motifs is 9. The Morgan fingerprint density at radius 2 is 1.76 bits per heavy atom. The van der Waals surface area contributed by atoms with Gasteiger partial charge in [-0.25, -0.2) is 0 Å². The van der Waals surface area contributed by atoms with E-state index in [1.807, 2.05) is 51.9 Å². The smallest absolute Gasteiger partial charge is 0.168 e. The van der Waals surface area contributed by atoms with Gasteiger partial charge in [-0.15, -0.1) is 0 Å². The highest BCUT2D eigenvalue weighted by Crippen LogP contribution is 2.59. The van der Waals surface area contributed by atoms with Crippen molar-refractivity contribution in [1.29, 1.82) is 0 Å². The molecular weight excluding hydrogens is 1040 g/mol. The molecule has 11 rings (SSSR count). The van der Waals surface area contributed by atoms with E-state index in [2.05, 4.69) is 41.0 Å². The number of carbonyl (C=O) groups excluding carboxylic acids is 2. The van der Waals surface area contributed by atoms with Crippen molar-refractivity contribution in [1.82, 2.24) is 5.32 Å². The lowest BCUT2D eigenvalue weighted by molar-refractivity contribution is -0.130. The molecule has 8 N–H and O–H groups in total. The fourth-order valence-corrected chi connectivity index (χ4v) is 20.7. The number of phenolic OH excluding ortho intramolecular Hbond substituents is 2. The van der Waals surface area contributed by atoms with Crippen molar-refractivity contribution >= 4 is 71.2 Å². The van der Waals surface area contributed by atoms with E-state index in [9.17, 15) is 35.4 Å². The summed E-state index contributed by atoms with van der Waals surface area (Å²) in [6.45, 7) is 1.39. The topological polar surface area (TPSA) is 198 Å².